The van der Waals surface area contributed by atoms with E-state index in [2.05, 4.69) is 10.3 Å². The molecule has 3 aromatic rings. The minimum absolute atomic E-state index is 0.0406. The summed E-state index contributed by atoms with van der Waals surface area (Å²) in [6.07, 6.45) is 0. The van der Waals surface area contributed by atoms with Crippen molar-refractivity contribution in [2.45, 2.75) is 5.16 Å². The van der Waals surface area contributed by atoms with E-state index in [0.29, 0.717) is 5.69 Å². The Bertz CT molecular complexity index is 982. The highest BCUT2D eigenvalue weighted by molar-refractivity contribution is 7.99. The van der Waals surface area contributed by atoms with E-state index in [-0.39, 0.29) is 24.1 Å². The van der Waals surface area contributed by atoms with Crippen LogP contribution in [0.25, 0.3) is 11.0 Å². The van der Waals surface area contributed by atoms with E-state index in [0.717, 1.165) is 21.9 Å². The zero-order valence-electron chi connectivity index (χ0n) is 13.6. The number of thioether (sulfide) groups is 1. The van der Waals surface area contributed by atoms with Crippen molar-refractivity contribution in [3.8, 4) is 0 Å². The fraction of sp³-hybridized carbons (Fsp3) is 0.167. The molecule has 0 unspecified atom stereocenters. The monoisotopic (exact) mass is 352 g/mol. The van der Waals surface area contributed by atoms with E-state index in [1.54, 1.807) is 6.07 Å². The van der Waals surface area contributed by atoms with Crippen molar-refractivity contribution in [2.75, 3.05) is 22.5 Å². The number of imidazole rings is 1. The van der Waals surface area contributed by atoms with Gasteiger partial charge in [0.05, 0.1) is 28.2 Å². The lowest BCUT2D eigenvalue weighted by Gasteiger charge is -2.29. The molecule has 0 atom stereocenters. The van der Waals surface area contributed by atoms with Gasteiger partial charge in [-0.05, 0) is 24.3 Å². The fourth-order valence-corrected chi connectivity index (χ4v) is 3.78. The number of benzene rings is 2. The highest BCUT2D eigenvalue weighted by atomic mass is 32.2. The summed E-state index contributed by atoms with van der Waals surface area (Å²) in [4.78, 5) is 30.6. The maximum absolute atomic E-state index is 12.7. The molecule has 1 aromatic heterocycles. The van der Waals surface area contributed by atoms with Gasteiger partial charge >= 0.3 is 0 Å². The zero-order chi connectivity index (χ0) is 17.4. The molecule has 0 saturated heterocycles. The predicted octanol–water partition coefficient (Wildman–Crippen LogP) is 2.65. The number of aromatic nitrogens is 2. The number of fused-ring (bicyclic) bond motifs is 2. The summed E-state index contributed by atoms with van der Waals surface area (Å²) in [7, 11) is 1.94. The molecular weight excluding hydrogens is 336 g/mol. The van der Waals surface area contributed by atoms with Crippen LogP contribution in [0.15, 0.2) is 53.7 Å². The Balaban J connectivity index is 1.54. The minimum Gasteiger partial charge on any atom is -0.323 e. The highest BCUT2D eigenvalue weighted by Crippen LogP contribution is 2.30. The normalized spacial score (nSPS) is 13.6. The fourth-order valence-electron chi connectivity index (χ4n) is 2.91. The first kappa shape index (κ1) is 15.7. The van der Waals surface area contributed by atoms with Crippen LogP contribution in [-0.4, -0.2) is 33.7 Å². The number of nitrogens with zero attached hydrogens (tertiary/aromatic N) is 3. The van der Waals surface area contributed by atoms with Crippen molar-refractivity contribution in [3.05, 3.63) is 48.5 Å². The van der Waals surface area contributed by atoms with Gasteiger partial charge in [-0.3, -0.25) is 9.59 Å². The molecule has 1 aliphatic rings. The zero-order valence-corrected chi connectivity index (χ0v) is 14.4. The van der Waals surface area contributed by atoms with Gasteiger partial charge in [-0.2, -0.15) is 0 Å². The molecule has 0 fully saturated rings. The molecule has 7 heteroatoms. The van der Waals surface area contributed by atoms with Crippen LogP contribution in [0.3, 0.4) is 0 Å². The maximum Gasteiger partial charge on any atom is 0.244 e. The van der Waals surface area contributed by atoms with Crippen LogP contribution in [0.4, 0.5) is 11.4 Å². The summed E-state index contributed by atoms with van der Waals surface area (Å²) in [5, 5.41) is 3.57. The van der Waals surface area contributed by atoms with Crippen LogP contribution < -0.4 is 10.2 Å². The van der Waals surface area contributed by atoms with Crippen LogP contribution in [0.2, 0.25) is 0 Å². The van der Waals surface area contributed by atoms with E-state index >= 15 is 0 Å². The summed E-state index contributed by atoms with van der Waals surface area (Å²) in [6, 6.07) is 15.2. The van der Waals surface area contributed by atoms with Gasteiger partial charge < -0.3 is 14.8 Å². The SMILES string of the molecule is Cn1c(SCC(=O)N2CC(=O)Nc3ccccc32)nc2ccccc21. The lowest BCUT2D eigenvalue weighted by molar-refractivity contribution is -0.120. The van der Waals surface area contributed by atoms with E-state index in [1.165, 1.54) is 16.7 Å². The van der Waals surface area contributed by atoms with Gasteiger partial charge in [0.2, 0.25) is 11.8 Å². The number of rotatable bonds is 3. The van der Waals surface area contributed by atoms with Gasteiger partial charge in [0.1, 0.15) is 6.54 Å². The van der Waals surface area contributed by atoms with Gasteiger partial charge in [-0.1, -0.05) is 36.0 Å². The Morgan fingerprint density at radius 2 is 1.96 bits per heavy atom. The second-order valence-corrected chi connectivity index (χ2v) is 6.72. The molecule has 126 valence electrons. The number of carbonyl (C=O) groups excluding carboxylic acids is 2. The minimum atomic E-state index is -0.181. The van der Waals surface area contributed by atoms with Crippen molar-refractivity contribution in [1.29, 1.82) is 0 Å². The molecule has 25 heavy (non-hydrogen) atoms. The van der Waals surface area contributed by atoms with Crippen molar-refractivity contribution in [2.24, 2.45) is 7.05 Å². The quantitative estimate of drug-likeness (QED) is 0.736. The van der Waals surface area contributed by atoms with Crippen molar-refractivity contribution in [1.82, 2.24) is 9.55 Å². The largest absolute Gasteiger partial charge is 0.323 e. The van der Waals surface area contributed by atoms with Gasteiger partial charge in [-0.15, -0.1) is 0 Å². The summed E-state index contributed by atoms with van der Waals surface area (Å²) in [5.41, 5.74) is 3.33. The number of hydrogen-bond acceptors (Lipinski definition) is 4. The molecule has 1 N–H and O–H groups in total. The Kier molecular flexibility index (Phi) is 3.93. The van der Waals surface area contributed by atoms with E-state index < -0.39 is 0 Å². The average molecular weight is 352 g/mol. The van der Waals surface area contributed by atoms with Gasteiger partial charge in [0.15, 0.2) is 5.16 Å². The number of aryl methyl sites for hydroxylation is 1. The summed E-state index contributed by atoms with van der Waals surface area (Å²) in [6.45, 7) is 0.0406. The Morgan fingerprint density at radius 3 is 2.80 bits per heavy atom. The summed E-state index contributed by atoms with van der Waals surface area (Å²) >= 11 is 1.38. The number of carbonyl (C=O) groups is 2. The Hall–Kier alpha value is -2.80. The molecular formula is C18H16N4O2S. The van der Waals surface area contributed by atoms with Gasteiger partial charge in [-0.25, -0.2) is 4.98 Å². The second-order valence-electron chi connectivity index (χ2n) is 5.78. The molecule has 0 saturated carbocycles. The third kappa shape index (κ3) is 2.87. The molecule has 2 aromatic carbocycles. The summed E-state index contributed by atoms with van der Waals surface area (Å²) < 4.78 is 1.98. The first-order valence-corrected chi connectivity index (χ1v) is 8.85. The number of nitrogens with one attached hydrogen (secondary N) is 1. The Morgan fingerprint density at radius 1 is 1.20 bits per heavy atom. The number of amides is 2. The number of anilines is 2. The average Bonchev–Trinajstić information content (AvgIpc) is 2.95. The topological polar surface area (TPSA) is 67.2 Å². The molecule has 1 aliphatic heterocycles. The van der Waals surface area contributed by atoms with E-state index in [9.17, 15) is 9.59 Å². The van der Waals surface area contributed by atoms with Crippen LogP contribution in [-0.2, 0) is 16.6 Å². The Labute approximate surface area is 148 Å². The molecule has 0 aliphatic carbocycles. The predicted molar refractivity (Wildman–Crippen MR) is 98.9 cm³/mol. The van der Waals surface area contributed by atoms with Gasteiger partial charge in [0.25, 0.3) is 0 Å². The van der Waals surface area contributed by atoms with Crippen LogP contribution in [0, 0.1) is 0 Å². The lowest BCUT2D eigenvalue weighted by atomic mass is 10.2. The smallest absolute Gasteiger partial charge is 0.244 e. The first-order valence-electron chi connectivity index (χ1n) is 7.87. The van der Waals surface area contributed by atoms with E-state index in [1.807, 2.05) is 54.1 Å². The van der Waals surface area contributed by atoms with Crippen molar-refractivity contribution < 1.29 is 9.59 Å². The van der Waals surface area contributed by atoms with Crippen LogP contribution >= 0.6 is 11.8 Å². The molecule has 0 bridgehead atoms. The molecule has 6 nitrogen and oxygen atoms in total. The van der Waals surface area contributed by atoms with Crippen molar-refractivity contribution in [3.63, 3.8) is 0 Å². The van der Waals surface area contributed by atoms with Crippen LogP contribution in [0.5, 0.6) is 0 Å². The summed E-state index contributed by atoms with van der Waals surface area (Å²) in [5.74, 6) is -0.0715. The maximum atomic E-state index is 12.7. The molecule has 4 rings (SSSR count). The number of hydrogen-bond donors (Lipinski definition) is 1. The van der Waals surface area contributed by atoms with Crippen molar-refractivity contribution >= 4 is 46.0 Å². The third-order valence-corrected chi connectivity index (χ3v) is 5.16. The van der Waals surface area contributed by atoms with Crippen LogP contribution in [0.1, 0.15) is 0 Å². The van der Waals surface area contributed by atoms with E-state index in [4.69, 9.17) is 0 Å². The standard InChI is InChI=1S/C18H16N4O2S/c1-21-14-8-4-2-6-12(14)20-18(21)25-11-17(24)22-10-16(23)19-13-7-3-5-9-15(13)22/h2-9H,10-11H2,1H3,(H,19,23). The first-order chi connectivity index (χ1) is 12.1. The number of para-hydroxylation sites is 4. The second kappa shape index (κ2) is 6.25. The highest BCUT2D eigenvalue weighted by Gasteiger charge is 2.26. The molecule has 0 spiro atoms. The lowest BCUT2D eigenvalue weighted by Crippen LogP contribution is -2.43. The third-order valence-electron chi connectivity index (χ3n) is 4.14. The molecule has 0 radical (unpaired) electrons. The van der Waals surface area contributed by atoms with Gasteiger partial charge in [0, 0.05) is 7.05 Å². The molecule has 2 heterocycles. The molecule has 2 amide bonds.